The predicted molar refractivity (Wildman–Crippen MR) is 52.9 cm³/mol. The van der Waals surface area contributed by atoms with Crippen molar-refractivity contribution in [1.29, 1.82) is 0 Å². The van der Waals surface area contributed by atoms with Crippen LogP contribution in [0.5, 0.6) is 0 Å². The molecule has 3 nitrogen and oxygen atoms in total. The maximum atomic E-state index is 13.1. The Bertz CT molecular complexity index is 465. The smallest absolute Gasteiger partial charge is 0.388 e. The van der Waals surface area contributed by atoms with Crippen LogP contribution in [0, 0.1) is 0 Å². The van der Waals surface area contributed by atoms with Gasteiger partial charge in [0.05, 0.1) is 0 Å². The fourth-order valence-corrected chi connectivity index (χ4v) is 1.99. The Morgan fingerprint density at radius 3 is 1.20 bits per heavy atom. The van der Waals surface area contributed by atoms with Gasteiger partial charge in [0.15, 0.2) is 6.17 Å². The molecule has 0 aromatic heterocycles. The van der Waals surface area contributed by atoms with Crippen LogP contribution in [0.1, 0.15) is 0 Å². The van der Waals surface area contributed by atoms with Gasteiger partial charge in [0, 0.05) is 0 Å². The summed E-state index contributed by atoms with van der Waals surface area (Å²) in [5.41, 5.74) is 0. The normalized spacial score (nSPS) is 19.1. The molecule has 3 unspecified atom stereocenters. The molecule has 17 heteroatoms. The minimum atomic E-state index is -7.70. The van der Waals surface area contributed by atoms with E-state index < -0.39 is 57.1 Å². The van der Waals surface area contributed by atoms with E-state index >= 15 is 0 Å². The number of alkyl halides is 13. The van der Waals surface area contributed by atoms with E-state index in [2.05, 4.69) is 0 Å². The predicted octanol–water partition coefficient (Wildman–Crippen LogP) is 2.26. The minimum absolute atomic E-state index is 4.74. The van der Waals surface area contributed by atoms with E-state index in [-0.39, 0.29) is 0 Å². The third-order valence-electron chi connectivity index (χ3n) is 2.76. The van der Waals surface area contributed by atoms with Crippen molar-refractivity contribution in [3.05, 3.63) is 0 Å². The Morgan fingerprint density at radius 2 is 0.920 bits per heavy atom. The fraction of sp³-hybridized carbons (Fsp3) is 1.00. The van der Waals surface area contributed by atoms with Crippen LogP contribution in [0.25, 0.3) is 0 Å². The molecule has 0 aromatic carbocycles. The molecule has 3 N–H and O–H groups in total. The summed E-state index contributed by atoms with van der Waals surface area (Å²) >= 11 is 0. The van der Waals surface area contributed by atoms with E-state index in [0.717, 1.165) is 0 Å². The van der Waals surface area contributed by atoms with E-state index in [1.54, 1.807) is 0 Å². The lowest BCUT2D eigenvalue weighted by atomic mass is 9.94. The van der Waals surface area contributed by atoms with Crippen LogP contribution in [-0.2, 0) is 0 Å². The molecule has 0 heterocycles. The van der Waals surface area contributed by atoms with Gasteiger partial charge in [-0.05, 0) is 0 Å². The maximum Gasteiger partial charge on any atom is 0.535 e. The maximum absolute atomic E-state index is 13.1. The van der Waals surface area contributed by atoms with Crippen molar-refractivity contribution in [1.82, 2.24) is 0 Å². The van der Waals surface area contributed by atoms with Gasteiger partial charge in [0.1, 0.15) is 0 Å². The summed E-state index contributed by atoms with van der Waals surface area (Å²) in [6.07, 6.45) is -15.0. The second-order valence-corrected chi connectivity index (χ2v) is 6.51. The van der Waals surface area contributed by atoms with E-state index in [1.807, 2.05) is 0 Å². The fourth-order valence-electron chi connectivity index (χ4n) is 1.32. The average molecular weight is 426 g/mol. The quantitative estimate of drug-likeness (QED) is 0.413. The first-order valence-electron chi connectivity index (χ1n) is 5.56. The molecule has 25 heavy (non-hydrogen) atoms. The molecular formula is C8H7F13O3Si. The van der Waals surface area contributed by atoms with Crippen LogP contribution in [0.3, 0.4) is 0 Å². The van der Waals surface area contributed by atoms with Gasteiger partial charge in [0.2, 0.25) is 12.0 Å². The van der Waals surface area contributed by atoms with Crippen molar-refractivity contribution in [2.75, 3.05) is 0 Å². The Hall–Kier alpha value is -0.813. The lowest BCUT2D eigenvalue weighted by molar-refractivity contribution is -0.384. The van der Waals surface area contributed by atoms with Crippen LogP contribution in [0.4, 0.5) is 57.1 Å². The van der Waals surface area contributed by atoms with Gasteiger partial charge in [-0.15, -0.1) is 0 Å². The molecule has 0 amide bonds. The average Bonchev–Trinajstić information content (AvgIpc) is 2.42. The zero-order chi connectivity index (χ0) is 20.8. The zero-order valence-corrected chi connectivity index (χ0v) is 12.1. The first-order valence-corrected chi connectivity index (χ1v) is 7.48. The van der Waals surface area contributed by atoms with Gasteiger partial charge in [-0.2, -0.15) is 35.1 Å². The van der Waals surface area contributed by atoms with Crippen molar-refractivity contribution in [3.8, 4) is 0 Å². The van der Waals surface area contributed by atoms with Crippen LogP contribution in [0.15, 0.2) is 0 Å². The van der Waals surface area contributed by atoms with Gasteiger partial charge < -0.3 is 14.4 Å². The molecule has 0 aliphatic heterocycles. The lowest BCUT2D eigenvalue weighted by Crippen LogP contribution is -2.71. The summed E-state index contributed by atoms with van der Waals surface area (Å²) in [4.78, 5) is 24.4. The SMILES string of the molecule is O[Si](O)(O)C(F)C(F)(F)C(F)(F)C(F)(F)C(F)(F)C(F)C(F)C(F)F. The Labute approximate surface area is 130 Å². The molecule has 0 radical (unpaired) electrons. The van der Waals surface area contributed by atoms with E-state index in [0.29, 0.717) is 0 Å². The third-order valence-corrected chi connectivity index (χ3v) is 3.80. The summed E-state index contributed by atoms with van der Waals surface area (Å²) in [5.74, 6) is -35.1. The molecule has 0 fully saturated rings. The van der Waals surface area contributed by atoms with Crippen LogP contribution >= 0.6 is 0 Å². The number of rotatable bonds is 8. The van der Waals surface area contributed by atoms with Crippen molar-refractivity contribution in [2.45, 2.75) is 48.3 Å². The van der Waals surface area contributed by atoms with E-state index in [4.69, 9.17) is 14.4 Å². The lowest BCUT2D eigenvalue weighted by Gasteiger charge is -2.39. The van der Waals surface area contributed by atoms with Gasteiger partial charge in [-0.1, -0.05) is 0 Å². The van der Waals surface area contributed by atoms with Gasteiger partial charge >= 0.3 is 32.5 Å². The number of halogens is 13. The second-order valence-electron chi connectivity index (χ2n) is 4.63. The number of hydrogen-bond donors (Lipinski definition) is 3. The molecule has 0 bridgehead atoms. The highest BCUT2D eigenvalue weighted by molar-refractivity contribution is 6.58. The largest absolute Gasteiger partial charge is 0.535 e. The molecule has 0 spiro atoms. The van der Waals surface area contributed by atoms with Crippen LogP contribution in [0.2, 0.25) is 0 Å². The molecule has 0 saturated heterocycles. The Balaban J connectivity index is 6.11. The molecule has 0 aromatic rings. The summed E-state index contributed by atoms with van der Waals surface area (Å²) in [5, 5.41) is 0. The van der Waals surface area contributed by atoms with Crippen molar-refractivity contribution in [3.63, 3.8) is 0 Å². The van der Waals surface area contributed by atoms with E-state index in [9.17, 15) is 57.1 Å². The van der Waals surface area contributed by atoms with Crippen molar-refractivity contribution >= 4 is 8.80 Å². The summed E-state index contributed by atoms with van der Waals surface area (Å²) in [7, 11) is -6.97. The molecule has 152 valence electrons. The molecule has 0 aliphatic rings. The zero-order valence-electron chi connectivity index (χ0n) is 11.1. The monoisotopic (exact) mass is 426 g/mol. The molecule has 0 rings (SSSR count). The van der Waals surface area contributed by atoms with Gasteiger partial charge in [-0.3, -0.25) is 0 Å². The summed E-state index contributed by atoms with van der Waals surface area (Å²) in [6.45, 7) is 0. The molecule has 3 atom stereocenters. The van der Waals surface area contributed by atoms with Gasteiger partial charge in [-0.25, -0.2) is 22.0 Å². The highest BCUT2D eigenvalue weighted by Gasteiger charge is 2.86. The van der Waals surface area contributed by atoms with Gasteiger partial charge in [0.25, 0.3) is 6.43 Å². The number of hydrogen-bond acceptors (Lipinski definition) is 3. The minimum Gasteiger partial charge on any atom is -0.388 e. The molecular weight excluding hydrogens is 419 g/mol. The molecule has 0 saturated carbocycles. The highest BCUT2D eigenvalue weighted by atomic mass is 28.4. The topological polar surface area (TPSA) is 60.7 Å². The van der Waals surface area contributed by atoms with Crippen molar-refractivity contribution < 1.29 is 71.5 Å². The van der Waals surface area contributed by atoms with Crippen LogP contribution < -0.4 is 0 Å². The molecule has 0 aliphatic carbocycles. The van der Waals surface area contributed by atoms with Crippen LogP contribution in [-0.4, -0.2) is 71.4 Å². The summed E-state index contributed by atoms with van der Waals surface area (Å²) in [6, 6.07) is 0. The Morgan fingerprint density at radius 1 is 0.600 bits per heavy atom. The first-order chi connectivity index (χ1) is 10.7. The van der Waals surface area contributed by atoms with Crippen molar-refractivity contribution in [2.24, 2.45) is 0 Å². The summed E-state index contributed by atoms with van der Waals surface area (Å²) < 4.78 is 166. The van der Waals surface area contributed by atoms with E-state index in [1.165, 1.54) is 0 Å². The Kier molecular flexibility index (Phi) is 6.51. The first kappa shape index (κ1) is 24.2. The standard InChI is InChI=1S/C8H7F13O3Si/c9-1(3(11)12)2(10)5(14,15)7(18,19)8(20,21)6(16,17)4(13)25(22,23)24/h1-4,22-24H. The third kappa shape index (κ3) is 3.82. The highest BCUT2D eigenvalue weighted by Crippen LogP contribution is 2.56. The second kappa shape index (κ2) is 6.73.